The minimum Gasteiger partial charge on any atom is -0.322 e. The molecule has 0 radical (unpaired) electrons. The Labute approximate surface area is 203 Å². The van der Waals surface area contributed by atoms with Crippen LogP contribution in [0.3, 0.4) is 0 Å². The average molecular weight is 492 g/mol. The number of para-hydroxylation sites is 1. The van der Waals surface area contributed by atoms with Crippen LogP contribution < -0.4 is 9.62 Å². The molecule has 1 fully saturated rings. The fourth-order valence-corrected chi connectivity index (χ4v) is 5.93. The Kier molecular flexibility index (Phi) is 5.98. The first kappa shape index (κ1) is 22.4. The number of pyridine rings is 1. The van der Waals surface area contributed by atoms with Gasteiger partial charge in [-0.1, -0.05) is 35.9 Å². The van der Waals surface area contributed by atoms with Crippen molar-refractivity contribution in [3.05, 3.63) is 89.4 Å². The molecule has 0 aliphatic carbocycles. The van der Waals surface area contributed by atoms with Crippen molar-refractivity contribution in [3.63, 3.8) is 0 Å². The summed E-state index contributed by atoms with van der Waals surface area (Å²) in [6.45, 7) is 0.463. The van der Waals surface area contributed by atoms with Gasteiger partial charge in [0.1, 0.15) is 0 Å². The van der Waals surface area contributed by atoms with Crippen molar-refractivity contribution >= 4 is 49.8 Å². The number of aromatic nitrogens is 1. The van der Waals surface area contributed by atoms with Gasteiger partial charge in [0.25, 0.3) is 5.91 Å². The standard InChI is InChI=1S/C26H22ClN3O3S/c27-23-13-10-20(17-22(23)25-14-9-18-5-1-2-6-24(18)29-25)28-26(31)19-7-11-21(12-8-19)30-15-3-4-16-34(30,32)33/h1-2,5-14,17H,3-4,15-16H2,(H,28,31). The fraction of sp³-hybridized carbons (Fsp3) is 0.154. The first-order chi connectivity index (χ1) is 16.4. The number of rotatable bonds is 4. The topological polar surface area (TPSA) is 79.4 Å². The minimum atomic E-state index is -3.29. The lowest BCUT2D eigenvalue weighted by Crippen LogP contribution is -2.37. The highest BCUT2D eigenvalue weighted by atomic mass is 35.5. The maximum atomic E-state index is 12.8. The number of nitrogens with one attached hydrogen (secondary N) is 1. The van der Waals surface area contributed by atoms with E-state index in [1.807, 2.05) is 36.4 Å². The minimum absolute atomic E-state index is 0.153. The number of hydrogen-bond acceptors (Lipinski definition) is 4. The molecule has 0 spiro atoms. The van der Waals surface area contributed by atoms with Gasteiger partial charge < -0.3 is 5.32 Å². The van der Waals surface area contributed by atoms with Crippen LogP contribution in [0.25, 0.3) is 22.2 Å². The molecule has 4 aromatic rings. The maximum Gasteiger partial charge on any atom is 0.255 e. The van der Waals surface area contributed by atoms with E-state index in [9.17, 15) is 13.2 Å². The van der Waals surface area contributed by atoms with E-state index in [0.717, 1.165) is 22.9 Å². The Balaban J connectivity index is 1.36. The van der Waals surface area contributed by atoms with E-state index in [4.69, 9.17) is 16.6 Å². The van der Waals surface area contributed by atoms with E-state index in [2.05, 4.69) is 5.32 Å². The monoisotopic (exact) mass is 491 g/mol. The zero-order chi connectivity index (χ0) is 23.7. The zero-order valence-corrected chi connectivity index (χ0v) is 19.8. The lowest BCUT2D eigenvalue weighted by molar-refractivity contribution is 0.102. The third-order valence-corrected chi connectivity index (χ3v) is 8.06. The summed E-state index contributed by atoms with van der Waals surface area (Å²) in [5.41, 5.74) is 3.89. The van der Waals surface area contributed by atoms with Crippen molar-refractivity contribution in [2.45, 2.75) is 12.8 Å². The second-order valence-electron chi connectivity index (χ2n) is 8.18. The van der Waals surface area contributed by atoms with Crippen molar-refractivity contribution in [1.82, 2.24) is 4.98 Å². The fourth-order valence-electron chi connectivity index (χ4n) is 4.08. The molecule has 2 heterocycles. The zero-order valence-electron chi connectivity index (χ0n) is 18.2. The van der Waals surface area contributed by atoms with Crippen LogP contribution in [0.4, 0.5) is 11.4 Å². The van der Waals surface area contributed by atoms with Crippen LogP contribution in [0.5, 0.6) is 0 Å². The summed E-state index contributed by atoms with van der Waals surface area (Å²) in [5.74, 6) is -0.145. The average Bonchev–Trinajstić information content (AvgIpc) is 2.85. The molecule has 1 amide bonds. The Morgan fingerprint density at radius 2 is 1.74 bits per heavy atom. The summed E-state index contributed by atoms with van der Waals surface area (Å²) < 4.78 is 26.1. The van der Waals surface area contributed by atoms with Crippen LogP contribution >= 0.6 is 11.6 Å². The molecule has 3 aromatic carbocycles. The second kappa shape index (κ2) is 9.08. The Bertz CT molecular complexity index is 1490. The normalized spacial score (nSPS) is 15.3. The van der Waals surface area contributed by atoms with Crippen LogP contribution in [-0.2, 0) is 10.0 Å². The molecule has 1 saturated heterocycles. The number of carbonyl (C=O) groups excluding carboxylic acids is 1. The molecule has 5 rings (SSSR count). The van der Waals surface area contributed by atoms with Crippen molar-refractivity contribution in [2.75, 3.05) is 21.9 Å². The highest BCUT2D eigenvalue weighted by Crippen LogP contribution is 2.31. The van der Waals surface area contributed by atoms with E-state index in [1.54, 1.807) is 42.5 Å². The predicted octanol–water partition coefficient (Wildman–Crippen LogP) is 5.74. The molecule has 1 aliphatic rings. The van der Waals surface area contributed by atoms with Crippen LogP contribution in [0.15, 0.2) is 78.9 Å². The molecule has 1 N–H and O–H groups in total. The van der Waals surface area contributed by atoms with E-state index in [1.165, 1.54) is 4.31 Å². The molecule has 0 bridgehead atoms. The maximum absolute atomic E-state index is 12.8. The van der Waals surface area contributed by atoms with Gasteiger partial charge in [0, 0.05) is 28.7 Å². The SMILES string of the molecule is O=C(Nc1ccc(Cl)c(-c2ccc3ccccc3n2)c1)c1ccc(N2CCCCS2(=O)=O)cc1. The molecule has 0 unspecified atom stereocenters. The number of nitrogens with zero attached hydrogens (tertiary/aromatic N) is 2. The second-order valence-corrected chi connectivity index (χ2v) is 10.6. The summed E-state index contributed by atoms with van der Waals surface area (Å²) in [5, 5.41) is 4.46. The number of anilines is 2. The smallest absolute Gasteiger partial charge is 0.255 e. The van der Waals surface area contributed by atoms with Gasteiger partial charge in [-0.3, -0.25) is 9.10 Å². The summed E-state index contributed by atoms with van der Waals surface area (Å²) in [6, 6.07) is 23.6. The number of fused-ring (bicyclic) bond motifs is 1. The van der Waals surface area contributed by atoms with Crippen molar-refractivity contribution < 1.29 is 13.2 Å². The number of halogens is 1. The molecule has 1 aromatic heterocycles. The third-order valence-electron chi connectivity index (χ3n) is 5.87. The largest absolute Gasteiger partial charge is 0.322 e. The van der Waals surface area contributed by atoms with Gasteiger partial charge in [-0.25, -0.2) is 13.4 Å². The number of sulfonamides is 1. The molecule has 1 aliphatic heterocycles. The van der Waals surface area contributed by atoms with Crippen LogP contribution in [0.1, 0.15) is 23.2 Å². The van der Waals surface area contributed by atoms with Crippen molar-refractivity contribution in [2.24, 2.45) is 0 Å². The van der Waals surface area contributed by atoms with Gasteiger partial charge in [-0.05, 0) is 67.4 Å². The van der Waals surface area contributed by atoms with Crippen LogP contribution in [-0.4, -0.2) is 31.6 Å². The Morgan fingerprint density at radius 1 is 0.941 bits per heavy atom. The summed E-state index contributed by atoms with van der Waals surface area (Å²) in [4.78, 5) is 17.5. The van der Waals surface area contributed by atoms with E-state index < -0.39 is 10.0 Å². The quantitative estimate of drug-likeness (QED) is 0.395. The number of benzene rings is 3. The van der Waals surface area contributed by atoms with E-state index in [0.29, 0.717) is 40.6 Å². The molecular formula is C26H22ClN3O3S. The molecule has 0 saturated carbocycles. The third kappa shape index (κ3) is 4.49. The first-order valence-corrected chi connectivity index (χ1v) is 13.0. The number of amides is 1. The highest BCUT2D eigenvalue weighted by molar-refractivity contribution is 7.92. The Morgan fingerprint density at radius 3 is 2.53 bits per heavy atom. The lowest BCUT2D eigenvalue weighted by atomic mass is 10.1. The lowest BCUT2D eigenvalue weighted by Gasteiger charge is -2.28. The molecule has 172 valence electrons. The molecule has 0 atom stereocenters. The van der Waals surface area contributed by atoms with Crippen molar-refractivity contribution in [3.8, 4) is 11.3 Å². The Hall–Kier alpha value is -3.42. The van der Waals surface area contributed by atoms with E-state index in [-0.39, 0.29) is 11.7 Å². The van der Waals surface area contributed by atoms with Crippen LogP contribution in [0.2, 0.25) is 5.02 Å². The van der Waals surface area contributed by atoms with Crippen LogP contribution in [0, 0.1) is 0 Å². The molecule has 8 heteroatoms. The summed E-state index contributed by atoms with van der Waals surface area (Å²) >= 11 is 6.44. The predicted molar refractivity (Wildman–Crippen MR) is 137 cm³/mol. The van der Waals surface area contributed by atoms with Crippen molar-refractivity contribution in [1.29, 1.82) is 0 Å². The summed E-state index contributed by atoms with van der Waals surface area (Å²) in [7, 11) is -3.29. The van der Waals surface area contributed by atoms with Gasteiger partial charge >= 0.3 is 0 Å². The molecular weight excluding hydrogens is 470 g/mol. The van der Waals surface area contributed by atoms with Gasteiger partial charge in [0.05, 0.1) is 27.7 Å². The molecule has 6 nitrogen and oxygen atoms in total. The van der Waals surface area contributed by atoms with E-state index >= 15 is 0 Å². The first-order valence-electron chi connectivity index (χ1n) is 11.0. The number of carbonyl (C=O) groups is 1. The highest BCUT2D eigenvalue weighted by Gasteiger charge is 2.26. The van der Waals surface area contributed by atoms with Gasteiger partial charge in [0.15, 0.2) is 0 Å². The van der Waals surface area contributed by atoms with Gasteiger partial charge in [0.2, 0.25) is 10.0 Å². The van der Waals surface area contributed by atoms with Gasteiger partial charge in [-0.2, -0.15) is 0 Å². The summed E-state index contributed by atoms with van der Waals surface area (Å²) in [6.07, 6.45) is 1.50. The molecule has 34 heavy (non-hydrogen) atoms. The number of hydrogen-bond donors (Lipinski definition) is 1. The van der Waals surface area contributed by atoms with Gasteiger partial charge in [-0.15, -0.1) is 0 Å².